The van der Waals surface area contributed by atoms with Crippen LogP contribution in [0.15, 0.2) is 79.0 Å². The number of rotatable bonds is 9. The Morgan fingerprint density at radius 3 is 2.48 bits per heavy atom. The largest absolute Gasteiger partial charge is 0.490 e. The van der Waals surface area contributed by atoms with Crippen LogP contribution in [0.25, 0.3) is 6.08 Å². The van der Waals surface area contributed by atoms with Gasteiger partial charge in [-0.2, -0.15) is 0 Å². The molecule has 1 amide bonds. The van der Waals surface area contributed by atoms with E-state index in [4.69, 9.17) is 9.47 Å². The van der Waals surface area contributed by atoms with Crippen LogP contribution < -0.4 is 14.8 Å². The molecular weight excluding hydrogens is 371 g/mol. The quantitative estimate of drug-likeness (QED) is 0.442. The SMILES string of the molecule is O=C(/C=C/c1ccccc1F)NCc1ccc(OCCOc2ccccc2)nc1. The molecule has 3 aromatic rings. The molecule has 1 aromatic heterocycles. The van der Waals surface area contributed by atoms with Gasteiger partial charge in [0.15, 0.2) is 0 Å². The van der Waals surface area contributed by atoms with E-state index in [-0.39, 0.29) is 11.7 Å². The zero-order valence-corrected chi connectivity index (χ0v) is 15.8. The van der Waals surface area contributed by atoms with Gasteiger partial charge in [0.1, 0.15) is 24.8 Å². The van der Waals surface area contributed by atoms with Crippen molar-refractivity contribution in [3.63, 3.8) is 0 Å². The van der Waals surface area contributed by atoms with Crippen molar-refractivity contribution < 1.29 is 18.7 Å². The predicted molar refractivity (Wildman–Crippen MR) is 109 cm³/mol. The molecule has 1 heterocycles. The minimum atomic E-state index is -0.370. The fraction of sp³-hybridized carbons (Fsp3) is 0.130. The molecule has 0 aliphatic heterocycles. The van der Waals surface area contributed by atoms with E-state index >= 15 is 0 Å². The summed E-state index contributed by atoms with van der Waals surface area (Å²) in [5, 5.41) is 2.73. The Labute approximate surface area is 168 Å². The lowest BCUT2D eigenvalue weighted by atomic mass is 10.2. The van der Waals surface area contributed by atoms with Crippen LogP contribution >= 0.6 is 0 Å². The molecule has 1 N–H and O–H groups in total. The number of nitrogens with one attached hydrogen (secondary N) is 1. The molecule has 0 aliphatic rings. The number of carbonyl (C=O) groups is 1. The molecule has 0 spiro atoms. The summed E-state index contributed by atoms with van der Waals surface area (Å²) in [5.41, 5.74) is 1.19. The Hall–Kier alpha value is -3.67. The predicted octanol–water partition coefficient (Wildman–Crippen LogP) is 4.01. The fourth-order valence-corrected chi connectivity index (χ4v) is 2.45. The average Bonchev–Trinajstić information content (AvgIpc) is 2.76. The maximum absolute atomic E-state index is 13.5. The Morgan fingerprint density at radius 2 is 1.72 bits per heavy atom. The van der Waals surface area contributed by atoms with E-state index in [9.17, 15) is 9.18 Å². The van der Waals surface area contributed by atoms with Crippen molar-refractivity contribution in [3.8, 4) is 11.6 Å². The van der Waals surface area contributed by atoms with Gasteiger partial charge in [0.25, 0.3) is 0 Å². The van der Waals surface area contributed by atoms with Crippen molar-refractivity contribution in [1.82, 2.24) is 10.3 Å². The van der Waals surface area contributed by atoms with Gasteiger partial charge in [-0.15, -0.1) is 0 Å². The second-order valence-electron chi connectivity index (χ2n) is 6.09. The lowest BCUT2D eigenvalue weighted by Crippen LogP contribution is -2.20. The van der Waals surface area contributed by atoms with E-state index in [1.54, 1.807) is 30.5 Å². The highest BCUT2D eigenvalue weighted by Gasteiger charge is 2.01. The Kier molecular flexibility index (Phi) is 7.34. The first-order valence-corrected chi connectivity index (χ1v) is 9.17. The number of carbonyl (C=O) groups excluding carboxylic acids is 1. The van der Waals surface area contributed by atoms with Crippen molar-refractivity contribution in [2.24, 2.45) is 0 Å². The third kappa shape index (κ3) is 6.77. The molecule has 0 bridgehead atoms. The van der Waals surface area contributed by atoms with Gasteiger partial charge in [-0.05, 0) is 29.8 Å². The number of hydrogen-bond acceptors (Lipinski definition) is 4. The smallest absolute Gasteiger partial charge is 0.244 e. The second kappa shape index (κ2) is 10.6. The Bertz CT molecular complexity index is 944. The van der Waals surface area contributed by atoms with Crippen molar-refractivity contribution in [2.75, 3.05) is 13.2 Å². The van der Waals surface area contributed by atoms with Crippen molar-refractivity contribution in [2.45, 2.75) is 6.54 Å². The Morgan fingerprint density at radius 1 is 0.966 bits per heavy atom. The van der Waals surface area contributed by atoms with Crippen LogP contribution in [0.3, 0.4) is 0 Å². The summed E-state index contributed by atoms with van der Waals surface area (Å²) in [6, 6.07) is 19.3. The van der Waals surface area contributed by atoms with Gasteiger partial charge in [0, 0.05) is 30.4 Å². The summed E-state index contributed by atoms with van der Waals surface area (Å²) < 4.78 is 24.6. The molecule has 0 atom stereocenters. The van der Waals surface area contributed by atoms with E-state index in [0.29, 0.717) is 31.2 Å². The molecular formula is C23H21FN2O3. The zero-order chi connectivity index (χ0) is 20.3. The standard InChI is InChI=1S/C23H21FN2O3/c24-21-9-5-4-6-19(21)11-12-22(27)25-16-18-10-13-23(26-17-18)29-15-14-28-20-7-2-1-3-8-20/h1-13,17H,14-16H2,(H,25,27)/b12-11+. The molecule has 0 fully saturated rings. The molecule has 6 heteroatoms. The molecule has 0 saturated heterocycles. The van der Waals surface area contributed by atoms with E-state index in [0.717, 1.165) is 11.3 Å². The topological polar surface area (TPSA) is 60.5 Å². The normalized spacial score (nSPS) is 10.7. The summed E-state index contributed by atoms with van der Waals surface area (Å²) in [6.45, 7) is 1.10. The molecule has 0 radical (unpaired) electrons. The molecule has 5 nitrogen and oxygen atoms in total. The van der Waals surface area contributed by atoms with Gasteiger partial charge in [-0.1, -0.05) is 42.5 Å². The molecule has 0 unspecified atom stereocenters. The number of nitrogens with zero attached hydrogens (tertiary/aromatic N) is 1. The summed E-state index contributed by atoms with van der Waals surface area (Å²) >= 11 is 0. The summed E-state index contributed by atoms with van der Waals surface area (Å²) in [4.78, 5) is 16.1. The molecule has 29 heavy (non-hydrogen) atoms. The van der Waals surface area contributed by atoms with Crippen LogP contribution in [0.5, 0.6) is 11.6 Å². The van der Waals surface area contributed by atoms with Gasteiger partial charge in [0.2, 0.25) is 11.8 Å². The highest BCUT2D eigenvalue weighted by Crippen LogP contribution is 2.10. The van der Waals surface area contributed by atoms with E-state index in [2.05, 4.69) is 10.3 Å². The third-order valence-corrected chi connectivity index (χ3v) is 3.93. The van der Waals surface area contributed by atoms with Crippen LogP contribution in [0.2, 0.25) is 0 Å². The highest BCUT2D eigenvalue weighted by atomic mass is 19.1. The van der Waals surface area contributed by atoms with Crippen LogP contribution in [0.1, 0.15) is 11.1 Å². The number of halogens is 1. The first-order chi connectivity index (χ1) is 14.2. The van der Waals surface area contributed by atoms with Crippen molar-refractivity contribution in [1.29, 1.82) is 0 Å². The minimum Gasteiger partial charge on any atom is -0.490 e. The molecule has 0 saturated carbocycles. The molecule has 148 valence electrons. The van der Waals surface area contributed by atoms with Gasteiger partial charge in [0.05, 0.1) is 0 Å². The first-order valence-electron chi connectivity index (χ1n) is 9.17. The lowest BCUT2D eigenvalue weighted by Gasteiger charge is -2.08. The van der Waals surface area contributed by atoms with Crippen molar-refractivity contribution in [3.05, 3.63) is 95.9 Å². The summed E-state index contributed by atoms with van der Waals surface area (Å²) in [7, 11) is 0. The lowest BCUT2D eigenvalue weighted by molar-refractivity contribution is -0.116. The Balaban J connectivity index is 1.38. The number of hydrogen-bond donors (Lipinski definition) is 1. The van der Waals surface area contributed by atoms with E-state index in [1.165, 1.54) is 18.2 Å². The molecule has 3 rings (SSSR count). The summed E-state index contributed by atoms with van der Waals surface area (Å²) in [5.74, 6) is 0.590. The number of pyridine rings is 1. The average molecular weight is 392 g/mol. The maximum atomic E-state index is 13.5. The maximum Gasteiger partial charge on any atom is 0.244 e. The first kappa shape index (κ1) is 20.1. The van der Waals surface area contributed by atoms with Crippen molar-refractivity contribution >= 4 is 12.0 Å². The van der Waals surface area contributed by atoms with Crippen LogP contribution in [-0.4, -0.2) is 24.1 Å². The third-order valence-electron chi connectivity index (χ3n) is 3.93. The summed E-state index contributed by atoms with van der Waals surface area (Å²) in [6.07, 6.45) is 4.38. The number of aromatic nitrogens is 1. The van der Waals surface area contributed by atoms with Crippen LogP contribution in [0.4, 0.5) is 4.39 Å². The zero-order valence-electron chi connectivity index (χ0n) is 15.8. The molecule has 2 aromatic carbocycles. The van der Waals surface area contributed by atoms with E-state index in [1.807, 2.05) is 36.4 Å². The monoisotopic (exact) mass is 392 g/mol. The molecule has 0 aliphatic carbocycles. The second-order valence-corrected chi connectivity index (χ2v) is 6.09. The number of amides is 1. The number of ether oxygens (including phenoxy) is 2. The number of benzene rings is 2. The highest BCUT2D eigenvalue weighted by molar-refractivity contribution is 5.91. The fourth-order valence-electron chi connectivity index (χ4n) is 2.45. The van der Waals surface area contributed by atoms with Crippen LogP contribution in [0, 0.1) is 5.82 Å². The van der Waals surface area contributed by atoms with Gasteiger partial charge < -0.3 is 14.8 Å². The number of para-hydroxylation sites is 1. The minimum absolute atomic E-state index is 0.310. The van der Waals surface area contributed by atoms with E-state index < -0.39 is 0 Å². The van der Waals surface area contributed by atoms with Crippen LogP contribution in [-0.2, 0) is 11.3 Å². The van der Waals surface area contributed by atoms with Gasteiger partial charge >= 0.3 is 0 Å². The van der Waals surface area contributed by atoms with Gasteiger partial charge in [-0.25, -0.2) is 9.37 Å². The van der Waals surface area contributed by atoms with Gasteiger partial charge in [-0.3, -0.25) is 4.79 Å².